The van der Waals surface area contributed by atoms with Gasteiger partial charge in [0, 0.05) is 32.1 Å². The van der Waals surface area contributed by atoms with Gasteiger partial charge in [0.25, 0.3) is 5.91 Å². The summed E-state index contributed by atoms with van der Waals surface area (Å²) in [5.41, 5.74) is 3.47. The third-order valence-electron chi connectivity index (χ3n) is 5.07. The molecule has 0 bridgehead atoms. The largest absolute Gasteiger partial charge is 0.376 e. The lowest BCUT2D eigenvalue weighted by atomic mass is 10.2. The lowest BCUT2D eigenvalue weighted by Gasteiger charge is -2.23. The van der Waals surface area contributed by atoms with Gasteiger partial charge in [-0.3, -0.25) is 4.79 Å². The molecule has 0 spiro atoms. The maximum absolute atomic E-state index is 13.2. The quantitative estimate of drug-likeness (QED) is 0.655. The zero-order chi connectivity index (χ0) is 19.3. The average Bonchev–Trinajstić information content (AvgIpc) is 3.38. The molecule has 1 fully saturated rings. The summed E-state index contributed by atoms with van der Waals surface area (Å²) in [6.45, 7) is 3.90. The summed E-state index contributed by atoms with van der Waals surface area (Å²) >= 11 is 0. The van der Waals surface area contributed by atoms with Gasteiger partial charge in [0.1, 0.15) is 11.3 Å². The van der Waals surface area contributed by atoms with E-state index in [1.54, 1.807) is 0 Å². The second kappa shape index (κ2) is 8.40. The van der Waals surface area contributed by atoms with Crippen LogP contribution in [0.2, 0.25) is 0 Å². The lowest BCUT2D eigenvalue weighted by molar-refractivity contribution is 0.0550. The summed E-state index contributed by atoms with van der Waals surface area (Å²) in [7, 11) is 0. The highest BCUT2D eigenvalue weighted by atomic mass is 16.5. The van der Waals surface area contributed by atoms with Crippen LogP contribution in [0, 0.1) is 6.92 Å². The van der Waals surface area contributed by atoms with E-state index in [-0.39, 0.29) is 12.0 Å². The van der Waals surface area contributed by atoms with Gasteiger partial charge in [0.2, 0.25) is 0 Å². The van der Waals surface area contributed by atoms with Gasteiger partial charge in [-0.15, -0.1) is 0 Å². The number of aromatic nitrogens is 2. The number of imidazole rings is 1. The topological polar surface area (TPSA) is 46.8 Å². The number of fused-ring (bicyclic) bond motifs is 1. The summed E-state index contributed by atoms with van der Waals surface area (Å²) < 4.78 is 7.68. The highest BCUT2D eigenvalue weighted by Gasteiger charge is 2.24. The van der Waals surface area contributed by atoms with E-state index in [4.69, 9.17) is 4.74 Å². The molecule has 3 aromatic rings. The van der Waals surface area contributed by atoms with Crippen LogP contribution < -0.4 is 0 Å². The van der Waals surface area contributed by atoms with Crippen LogP contribution in [0.4, 0.5) is 0 Å². The predicted molar refractivity (Wildman–Crippen MR) is 110 cm³/mol. The second-order valence-electron chi connectivity index (χ2n) is 7.21. The fourth-order valence-electron chi connectivity index (χ4n) is 3.57. The molecule has 4 rings (SSSR count). The Balaban J connectivity index is 1.55. The van der Waals surface area contributed by atoms with Gasteiger partial charge in [-0.1, -0.05) is 48.6 Å². The van der Waals surface area contributed by atoms with E-state index in [0.717, 1.165) is 36.2 Å². The smallest absolute Gasteiger partial charge is 0.274 e. The molecule has 5 heteroatoms. The lowest BCUT2D eigenvalue weighted by Crippen LogP contribution is -2.37. The molecular formula is C23H25N3O2. The van der Waals surface area contributed by atoms with Crippen LogP contribution in [-0.4, -0.2) is 46.0 Å². The second-order valence-corrected chi connectivity index (χ2v) is 7.21. The van der Waals surface area contributed by atoms with Crippen LogP contribution in [0.3, 0.4) is 0 Å². The standard InChI is InChI=1S/C23H25N3O2/c1-18-8-5-13-25-17-21(24-22(18)25)23(27)26(16-20-12-7-15-28-20)14-6-11-19-9-3-2-4-10-19/h2-6,8-11,13,17,20H,7,12,14-16H2,1H3/b11-6+/t20-/m1/s1. The number of amides is 1. The van der Waals surface area contributed by atoms with Gasteiger partial charge in [0.05, 0.1) is 6.10 Å². The molecule has 2 aromatic heterocycles. The number of ether oxygens (including phenoxy) is 1. The van der Waals surface area contributed by atoms with Crippen LogP contribution in [-0.2, 0) is 4.74 Å². The fraction of sp³-hybridized carbons (Fsp3) is 0.304. The number of carbonyl (C=O) groups excluding carboxylic acids is 1. The Morgan fingerprint density at radius 3 is 2.89 bits per heavy atom. The molecule has 0 aliphatic carbocycles. The first-order valence-corrected chi connectivity index (χ1v) is 9.77. The zero-order valence-corrected chi connectivity index (χ0v) is 16.1. The molecule has 1 atom stereocenters. The van der Waals surface area contributed by atoms with Crippen LogP contribution in [0.1, 0.15) is 34.5 Å². The van der Waals surface area contributed by atoms with E-state index in [9.17, 15) is 4.79 Å². The van der Waals surface area contributed by atoms with Gasteiger partial charge < -0.3 is 14.0 Å². The van der Waals surface area contributed by atoms with Crippen molar-refractivity contribution in [2.24, 2.45) is 0 Å². The SMILES string of the molecule is Cc1cccn2cc(C(=O)N(C/C=C/c3ccccc3)C[C@H]3CCCO3)nc12. The molecule has 1 saturated heterocycles. The number of rotatable bonds is 6. The molecule has 1 amide bonds. The molecule has 28 heavy (non-hydrogen) atoms. The monoisotopic (exact) mass is 375 g/mol. The minimum atomic E-state index is -0.0590. The van der Waals surface area contributed by atoms with Gasteiger partial charge in [0.15, 0.2) is 0 Å². The Morgan fingerprint density at radius 1 is 1.29 bits per heavy atom. The summed E-state index contributed by atoms with van der Waals surface area (Å²) in [5, 5.41) is 0. The van der Waals surface area contributed by atoms with Crippen molar-refractivity contribution in [3.63, 3.8) is 0 Å². The van der Waals surface area contributed by atoms with Gasteiger partial charge in [-0.2, -0.15) is 0 Å². The molecule has 1 aromatic carbocycles. The third-order valence-corrected chi connectivity index (χ3v) is 5.07. The maximum atomic E-state index is 13.2. The Hall–Kier alpha value is -2.92. The predicted octanol–water partition coefficient (Wildman–Crippen LogP) is 3.98. The van der Waals surface area contributed by atoms with Crippen LogP contribution in [0.15, 0.2) is 60.9 Å². The van der Waals surface area contributed by atoms with Crippen LogP contribution in [0.5, 0.6) is 0 Å². The summed E-state index contributed by atoms with van der Waals surface area (Å²) in [5.74, 6) is -0.0590. The molecule has 0 N–H and O–H groups in total. The Bertz CT molecular complexity index is 972. The number of pyridine rings is 1. The summed E-state index contributed by atoms with van der Waals surface area (Å²) in [6.07, 6.45) is 9.97. The van der Waals surface area contributed by atoms with Crippen molar-refractivity contribution in [3.05, 3.63) is 77.8 Å². The first kappa shape index (κ1) is 18.4. The zero-order valence-electron chi connectivity index (χ0n) is 16.1. The van der Waals surface area contributed by atoms with E-state index in [2.05, 4.69) is 4.98 Å². The van der Waals surface area contributed by atoms with Crippen molar-refractivity contribution in [1.29, 1.82) is 0 Å². The highest BCUT2D eigenvalue weighted by molar-refractivity contribution is 5.93. The molecule has 0 unspecified atom stereocenters. The Kier molecular flexibility index (Phi) is 5.53. The number of hydrogen-bond donors (Lipinski definition) is 0. The Morgan fingerprint density at radius 2 is 2.14 bits per heavy atom. The molecule has 3 heterocycles. The van der Waals surface area contributed by atoms with E-state index in [1.165, 1.54) is 0 Å². The summed E-state index contributed by atoms with van der Waals surface area (Å²) in [6, 6.07) is 14.1. The molecule has 1 aliphatic heterocycles. The maximum Gasteiger partial charge on any atom is 0.274 e. The van der Waals surface area contributed by atoms with Crippen LogP contribution >= 0.6 is 0 Å². The normalized spacial score (nSPS) is 16.8. The van der Waals surface area contributed by atoms with Crippen LogP contribution in [0.25, 0.3) is 11.7 Å². The van der Waals surface area contributed by atoms with E-state index >= 15 is 0 Å². The van der Waals surface area contributed by atoms with E-state index in [0.29, 0.717) is 18.8 Å². The van der Waals surface area contributed by atoms with Crippen molar-refractivity contribution >= 4 is 17.6 Å². The van der Waals surface area contributed by atoms with Crippen molar-refractivity contribution in [2.75, 3.05) is 19.7 Å². The molecule has 5 nitrogen and oxygen atoms in total. The van der Waals surface area contributed by atoms with Crippen molar-refractivity contribution in [3.8, 4) is 0 Å². The molecule has 0 radical (unpaired) electrons. The fourth-order valence-corrected chi connectivity index (χ4v) is 3.57. The van der Waals surface area contributed by atoms with Gasteiger partial charge in [-0.05, 0) is 37.0 Å². The minimum absolute atomic E-state index is 0.0590. The van der Waals surface area contributed by atoms with E-state index < -0.39 is 0 Å². The molecule has 144 valence electrons. The number of benzene rings is 1. The Labute approximate surface area is 165 Å². The number of nitrogens with zero attached hydrogens (tertiary/aromatic N) is 3. The highest BCUT2D eigenvalue weighted by Crippen LogP contribution is 2.16. The van der Waals surface area contributed by atoms with Crippen molar-refractivity contribution in [1.82, 2.24) is 14.3 Å². The summed E-state index contributed by atoms with van der Waals surface area (Å²) in [4.78, 5) is 19.6. The number of carbonyl (C=O) groups is 1. The average molecular weight is 375 g/mol. The molecule has 1 aliphatic rings. The van der Waals surface area contributed by atoms with E-state index in [1.807, 2.05) is 83.2 Å². The minimum Gasteiger partial charge on any atom is -0.376 e. The number of aryl methyl sites for hydroxylation is 1. The van der Waals surface area contributed by atoms with Crippen molar-refractivity contribution in [2.45, 2.75) is 25.9 Å². The molecular weight excluding hydrogens is 350 g/mol. The third kappa shape index (κ3) is 4.15. The van der Waals surface area contributed by atoms with Gasteiger partial charge in [-0.25, -0.2) is 4.98 Å². The first-order valence-electron chi connectivity index (χ1n) is 9.77. The first-order chi connectivity index (χ1) is 13.7. The van der Waals surface area contributed by atoms with Gasteiger partial charge >= 0.3 is 0 Å². The number of hydrogen-bond acceptors (Lipinski definition) is 3. The molecule has 0 saturated carbocycles. The van der Waals surface area contributed by atoms with Crippen molar-refractivity contribution < 1.29 is 9.53 Å².